The van der Waals surface area contributed by atoms with Crippen LogP contribution in [0.15, 0.2) is 24.3 Å². The molecule has 0 radical (unpaired) electrons. The van der Waals surface area contributed by atoms with E-state index in [0.29, 0.717) is 5.25 Å². The van der Waals surface area contributed by atoms with Crippen molar-refractivity contribution in [3.63, 3.8) is 0 Å². The molecule has 2 fully saturated rings. The summed E-state index contributed by atoms with van der Waals surface area (Å²) in [5.41, 5.74) is 10.5. The van der Waals surface area contributed by atoms with Gasteiger partial charge in [-0.2, -0.15) is 11.8 Å². The van der Waals surface area contributed by atoms with Gasteiger partial charge >= 0.3 is 0 Å². The van der Waals surface area contributed by atoms with Crippen molar-refractivity contribution >= 4 is 23.7 Å². The first-order valence-electron chi connectivity index (χ1n) is 9.50. The lowest BCUT2D eigenvalue weighted by atomic mass is 10.1. The molecule has 2 saturated heterocycles. The van der Waals surface area contributed by atoms with Crippen LogP contribution in [0.2, 0.25) is 0 Å². The number of hydrogen-bond acceptors (Lipinski definition) is 4. The predicted molar refractivity (Wildman–Crippen MR) is 104 cm³/mol. The van der Waals surface area contributed by atoms with Crippen LogP contribution in [-0.4, -0.2) is 41.1 Å². The molecule has 0 spiro atoms. The highest BCUT2D eigenvalue weighted by molar-refractivity contribution is 8.00. The SMILES string of the molecule is O=C(C=Cc1ccc2c(c1)CCC2)N(CC1CCCS1)C1CCNN1. The first kappa shape index (κ1) is 17.1. The Morgan fingerprint density at radius 2 is 2.16 bits per heavy atom. The molecule has 1 amide bonds. The summed E-state index contributed by atoms with van der Waals surface area (Å²) >= 11 is 2.01. The smallest absolute Gasteiger partial charge is 0.247 e. The van der Waals surface area contributed by atoms with Gasteiger partial charge in [0.1, 0.15) is 0 Å². The van der Waals surface area contributed by atoms with Gasteiger partial charge in [0.25, 0.3) is 0 Å². The normalized spacial score (nSPS) is 25.6. The van der Waals surface area contributed by atoms with Crippen LogP contribution in [0, 0.1) is 0 Å². The van der Waals surface area contributed by atoms with Crippen LogP contribution < -0.4 is 10.9 Å². The standard InChI is InChI=1S/C20H27N3OS/c24-20(9-7-15-6-8-16-3-1-4-17(16)13-15)23(19-10-11-21-22-19)14-18-5-2-12-25-18/h6-9,13,18-19,21-22H,1-5,10-12,14H2. The summed E-state index contributed by atoms with van der Waals surface area (Å²) in [6.07, 6.45) is 11.0. The summed E-state index contributed by atoms with van der Waals surface area (Å²) in [6, 6.07) is 6.61. The van der Waals surface area contributed by atoms with Gasteiger partial charge in [0.2, 0.25) is 5.91 Å². The molecule has 0 bridgehead atoms. The van der Waals surface area contributed by atoms with Crippen LogP contribution >= 0.6 is 11.8 Å². The van der Waals surface area contributed by atoms with Crippen molar-refractivity contribution in [1.29, 1.82) is 0 Å². The molecule has 134 valence electrons. The van der Waals surface area contributed by atoms with E-state index in [9.17, 15) is 4.79 Å². The summed E-state index contributed by atoms with van der Waals surface area (Å²) in [4.78, 5) is 14.9. The molecule has 2 unspecified atom stereocenters. The van der Waals surface area contributed by atoms with E-state index in [-0.39, 0.29) is 12.1 Å². The average Bonchev–Trinajstić information content (AvgIpc) is 3.39. The summed E-state index contributed by atoms with van der Waals surface area (Å²) in [6.45, 7) is 1.76. The molecule has 25 heavy (non-hydrogen) atoms. The average molecular weight is 358 g/mol. The Hall–Kier alpha value is -1.30. The van der Waals surface area contributed by atoms with Crippen LogP contribution in [0.1, 0.15) is 42.4 Å². The third-order valence-corrected chi connectivity index (χ3v) is 6.82. The second kappa shape index (κ2) is 7.94. The Kier molecular flexibility index (Phi) is 5.44. The van der Waals surface area contributed by atoms with Gasteiger partial charge in [-0.05, 0) is 67.0 Å². The maximum atomic E-state index is 12.9. The lowest BCUT2D eigenvalue weighted by molar-refractivity contribution is -0.128. The quantitative estimate of drug-likeness (QED) is 0.796. The second-order valence-electron chi connectivity index (χ2n) is 7.22. The molecule has 0 saturated carbocycles. The molecule has 4 nitrogen and oxygen atoms in total. The van der Waals surface area contributed by atoms with Crippen LogP contribution in [0.5, 0.6) is 0 Å². The second-order valence-corrected chi connectivity index (χ2v) is 8.62. The fourth-order valence-corrected chi connectivity index (χ4v) is 5.31. The van der Waals surface area contributed by atoms with Crippen molar-refractivity contribution < 1.29 is 4.79 Å². The zero-order chi connectivity index (χ0) is 17.1. The molecule has 3 aliphatic rings. The molecule has 1 aromatic rings. The molecule has 0 aromatic heterocycles. The minimum Gasteiger partial charge on any atom is -0.321 e. The van der Waals surface area contributed by atoms with E-state index >= 15 is 0 Å². The Labute approximate surface area is 154 Å². The van der Waals surface area contributed by atoms with E-state index in [4.69, 9.17) is 0 Å². The van der Waals surface area contributed by atoms with E-state index in [1.807, 2.05) is 22.7 Å². The number of aryl methyl sites for hydroxylation is 2. The fraction of sp³-hybridized carbons (Fsp3) is 0.550. The number of hydrogen-bond donors (Lipinski definition) is 2. The fourth-order valence-electron chi connectivity index (χ4n) is 4.04. The molecule has 1 aromatic carbocycles. The van der Waals surface area contributed by atoms with Crippen molar-refractivity contribution in [3.05, 3.63) is 41.0 Å². The highest BCUT2D eigenvalue weighted by Gasteiger charge is 2.28. The molecule has 4 rings (SSSR count). The van der Waals surface area contributed by atoms with Gasteiger partial charge < -0.3 is 4.90 Å². The molecule has 2 atom stereocenters. The molecule has 2 heterocycles. The highest BCUT2D eigenvalue weighted by atomic mass is 32.2. The Bertz CT molecular complexity index is 648. The number of fused-ring (bicyclic) bond motifs is 1. The number of hydrazine groups is 1. The largest absolute Gasteiger partial charge is 0.321 e. The summed E-state index contributed by atoms with van der Waals surface area (Å²) in [5.74, 6) is 1.35. The number of carbonyl (C=O) groups is 1. The monoisotopic (exact) mass is 357 g/mol. The predicted octanol–water partition coefficient (Wildman–Crippen LogP) is 2.74. The van der Waals surface area contributed by atoms with Crippen molar-refractivity contribution in [2.24, 2.45) is 0 Å². The van der Waals surface area contributed by atoms with E-state index in [1.165, 1.54) is 49.0 Å². The maximum absolute atomic E-state index is 12.9. The number of nitrogens with one attached hydrogen (secondary N) is 2. The summed E-state index contributed by atoms with van der Waals surface area (Å²) in [7, 11) is 0. The summed E-state index contributed by atoms with van der Waals surface area (Å²) < 4.78 is 0. The van der Waals surface area contributed by atoms with Crippen molar-refractivity contribution in [2.75, 3.05) is 18.8 Å². The first-order valence-corrected chi connectivity index (χ1v) is 10.5. The van der Waals surface area contributed by atoms with Crippen LogP contribution in [-0.2, 0) is 17.6 Å². The molecule has 2 N–H and O–H groups in total. The number of benzene rings is 1. The minimum atomic E-state index is 0.110. The van der Waals surface area contributed by atoms with Crippen molar-refractivity contribution in [3.8, 4) is 0 Å². The topological polar surface area (TPSA) is 44.4 Å². The minimum absolute atomic E-state index is 0.110. The Morgan fingerprint density at radius 3 is 2.96 bits per heavy atom. The van der Waals surface area contributed by atoms with Gasteiger partial charge in [0, 0.05) is 24.4 Å². The zero-order valence-corrected chi connectivity index (χ0v) is 15.5. The van der Waals surface area contributed by atoms with Crippen LogP contribution in [0.4, 0.5) is 0 Å². The van der Waals surface area contributed by atoms with Gasteiger partial charge in [0.05, 0.1) is 6.17 Å². The molecule has 2 aliphatic heterocycles. The third kappa shape index (κ3) is 4.10. The van der Waals surface area contributed by atoms with Gasteiger partial charge in [-0.1, -0.05) is 18.2 Å². The number of thioether (sulfide) groups is 1. The van der Waals surface area contributed by atoms with Gasteiger partial charge in [-0.3, -0.25) is 10.2 Å². The van der Waals surface area contributed by atoms with Crippen molar-refractivity contribution in [1.82, 2.24) is 15.8 Å². The highest BCUT2D eigenvalue weighted by Crippen LogP contribution is 2.28. The summed E-state index contributed by atoms with van der Waals surface area (Å²) in [5, 5.41) is 0.583. The Balaban J connectivity index is 1.45. The molecular formula is C20H27N3OS. The number of amides is 1. The van der Waals surface area contributed by atoms with Gasteiger partial charge in [-0.25, -0.2) is 5.43 Å². The zero-order valence-electron chi connectivity index (χ0n) is 14.7. The molecular weight excluding hydrogens is 330 g/mol. The third-order valence-electron chi connectivity index (χ3n) is 5.44. The van der Waals surface area contributed by atoms with E-state index in [1.54, 1.807) is 6.08 Å². The van der Waals surface area contributed by atoms with Crippen LogP contribution in [0.3, 0.4) is 0 Å². The number of rotatable bonds is 5. The van der Waals surface area contributed by atoms with Gasteiger partial charge in [0.15, 0.2) is 0 Å². The molecule has 1 aliphatic carbocycles. The number of carbonyl (C=O) groups excluding carboxylic acids is 1. The van der Waals surface area contributed by atoms with E-state index in [0.717, 1.165) is 25.1 Å². The van der Waals surface area contributed by atoms with Gasteiger partial charge in [-0.15, -0.1) is 0 Å². The van der Waals surface area contributed by atoms with E-state index < -0.39 is 0 Å². The number of nitrogens with zero attached hydrogens (tertiary/aromatic N) is 1. The Morgan fingerprint density at radius 1 is 1.24 bits per heavy atom. The lowest BCUT2D eigenvalue weighted by Crippen LogP contribution is -2.49. The van der Waals surface area contributed by atoms with E-state index in [2.05, 4.69) is 29.1 Å². The first-order chi connectivity index (χ1) is 12.3. The van der Waals surface area contributed by atoms with Crippen molar-refractivity contribution in [2.45, 2.75) is 49.9 Å². The lowest BCUT2D eigenvalue weighted by Gasteiger charge is -2.29. The maximum Gasteiger partial charge on any atom is 0.247 e. The van der Waals surface area contributed by atoms with Crippen LogP contribution in [0.25, 0.3) is 6.08 Å². The molecule has 5 heteroatoms.